The number of benzene rings is 2. The van der Waals surface area contributed by atoms with Crippen molar-refractivity contribution >= 4 is 40.0 Å². The van der Waals surface area contributed by atoms with Gasteiger partial charge in [0.2, 0.25) is 5.91 Å². The van der Waals surface area contributed by atoms with Crippen molar-refractivity contribution in [1.82, 2.24) is 14.5 Å². The first kappa shape index (κ1) is 22.2. The van der Waals surface area contributed by atoms with Crippen LogP contribution in [0, 0.1) is 0 Å². The highest BCUT2D eigenvalue weighted by Crippen LogP contribution is 2.37. The summed E-state index contributed by atoms with van der Waals surface area (Å²) in [7, 11) is 0. The fraction of sp³-hybridized carbons (Fsp3) is 0.208. The van der Waals surface area contributed by atoms with Crippen LogP contribution in [0.25, 0.3) is 16.7 Å². The maximum absolute atomic E-state index is 13.1. The molecule has 3 N–H and O–H groups in total. The van der Waals surface area contributed by atoms with Gasteiger partial charge in [-0.05, 0) is 66.8 Å². The summed E-state index contributed by atoms with van der Waals surface area (Å²) in [5.41, 5.74) is 10.8. The Morgan fingerprint density at radius 2 is 1.88 bits per heavy atom. The van der Waals surface area contributed by atoms with E-state index in [0.29, 0.717) is 11.5 Å². The number of hydrogen-bond acceptors (Lipinski definition) is 4. The molecule has 1 aliphatic rings. The number of nitrogens with one attached hydrogen (secondary N) is 1. The van der Waals surface area contributed by atoms with Crippen LogP contribution in [0.3, 0.4) is 0 Å². The molecule has 0 spiro atoms. The van der Waals surface area contributed by atoms with Crippen molar-refractivity contribution in [2.75, 3.05) is 11.1 Å². The number of rotatable bonds is 4. The number of hydrogen-bond donors (Lipinski definition) is 2. The number of nitrogens with zero attached hydrogens (tertiary/aromatic N) is 3. The van der Waals surface area contributed by atoms with E-state index in [2.05, 4.69) is 19.9 Å². The van der Waals surface area contributed by atoms with Crippen molar-refractivity contribution in [3.05, 3.63) is 76.2 Å². The van der Waals surface area contributed by atoms with E-state index >= 15 is 0 Å². The smallest absolute Gasteiger partial charge is 0.382 e. The lowest BCUT2D eigenvalue weighted by atomic mass is 10.1. The number of amides is 1. The summed E-state index contributed by atoms with van der Waals surface area (Å²) in [5, 5.41) is 2.32. The Bertz CT molecular complexity index is 1410. The van der Waals surface area contributed by atoms with E-state index in [9.17, 15) is 18.0 Å². The highest BCUT2D eigenvalue weighted by molar-refractivity contribution is 6.31. The molecule has 2 heterocycles. The lowest BCUT2D eigenvalue weighted by molar-refractivity contribution is -0.137. The van der Waals surface area contributed by atoms with Gasteiger partial charge in [-0.15, -0.1) is 0 Å². The molecule has 0 unspecified atom stereocenters. The highest BCUT2D eigenvalue weighted by Gasteiger charge is 2.33. The van der Waals surface area contributed by atoms with E-state index in [-0.39, 0.29) is 12.0 Å². The minimum absolute atomic E-state index is 0.217. The summed E-state index contributed by atoms with van der Waals surface area (Å²) < 4.78 is 41.3. The highest BCUT2D eigenvalue weighted by atomic mass is 35.5. The Morgan fingerprint density at radius 1 is 1.12 bits per heavy atom. The number of alkyl halides is 3. The quantitative estimate of drug-likeness (QED) is 0.408. The minimum Gasteiger partial charge on any atom is -0.382 e. The first-order valence-electron chi connectivity index (χ1n) is 10.6. The molecule has 5 rings (SSSR count). The molecule has 6 nitrogen and oxygen atoms in total. The summed E-state index contributed by atoms with van der Waals surface area (Å²) >= 11 is 5.65. The second-order valence-electron chi connectivity index (χ2n) is 8.15. The van der Waals surface area contributed by atoms with Crippen LogP contribution in [-0.4, -0.2) is 20.4 Å². The van der Waals surface area contributed by atoms with Gasteiger partial charge in [0.1, 0.15) is 11.8 Å². The molecule has 1 aliphatic carbocycles. The van der Waals surface area contributed by atoms with E-state index in [0.717, 1.165) is 53.8 Å². The SMILES string of the molecule is Nc1ncnc2c3c(n(-c4ccc(NC(=O)Cc5ccc(Cl)c(C(F)(F)F)c5)cc4)c12)CCC3. The topological polar surface area (TPSA) is 85.8 Å². The summed E-state index contributed by atoms with van der Waals surface area (Å²) in [6.07, 6.45) is -0.450. The van der Waals surface area contributed by atoms with Crippen LogP contribution in [0.5, 0.6) is 0 Å². The molecule has 2 aromatic heterocycles. The number of aryl methyl sites for hydroxylation is 1. The van der Waals surface area contributed by atoms with Gasteiger partial charge in [-0.3, -0.25) is 4.79 Å². The van der Waals surface area contributed by atoms with Gasteiger partial charge in [0.25, 0.3) is 0 Å². The molecule has 4 aromatic rings. The average Bonchev–Trinajstić information content (AvgIpc) is 3.37. The first-order chi connectivity index (χ1) is 16.2. The number of anilines is 2. The fourth-order valence-electron chi connectivity index (χ4n) is 4.47. The Labute approximate surface area is 197 Å². The van der Waals surface area contributed by atoms with E-state index in [1.165, 1.54) is 18.0 Å². The predicted octanol–water partition coefficient (Wildman–Crippen LogP) is 5.34. The van der Waals surface area contributed by atoms with Crippen molar-refractivity contribution in [2.45, 2.75) is 31.9 Å². The van der Waals surface area contributed by atoms with E-state index < -0.39 is 22.7 Å². The van der Waals surface area contributed by atoms with Crippen LogP contribution >= 0.6 is 11.6 Å². The third-order valence-corrected chi connectivity index (χ3v) is 6.26. The normalized spacial score (nSPS) is 13.3. The van der Waals surface area contributed by atoms with Crippen molar-refractivity contribution in [1.29, 1.82) is 0 Å². The van der Waals surface area contributed by atoms with E-state index in [1.54, 1.807) is 12.1 Å². The molecule has 34 heavy (non-hydrogen) atoms. The second-order valence-corrected chi connectivity index (χ2v) is 8.56. The zero-order valence-electron chi connectivity index (χ0n) is 17.8. The van der Waals surface area contributed by atoms with Crippen molar-refractivity contribution in [3.8, 4) is 5.69 Å². The van der Waals surface area contributed by atoms with E-state index in [1.807, 2.05) is 12.1 Å². The van der Waals surface area contributed by atoms with Gasteiger partial charge in [0.05, 0.1) is 22.5 Å². The fourth-order valence-corrected chi connectivity index (χ4v) is 4.69. The molecule has 174 valence electrons. The van der Waals surface area contributed by atoms with Crippen LogP contribution in [0.15, 0.2) is 48.8 Å². The molecule has 0 saturated carbocycles. The van der Waals surface area contributed by atoms with Crippen molar-refractivity contribution < 1.29 is 18.0 Å². The number of nitrogen functional groups attached to an aromatic ring is 1. The van der Waals surface area contributed by atoms with Gasteiger partial charge < -0.3 is 15.6 Å². The number of carbonyl (C=O) groups excluding carboxylic acids is 1. The summed E-state index contributed by atoms with van der Waals surface area (Å²) in [5.74, 6) is -0.0360. The zero-order valence-corrected chi connectivity index (χ0v) is 18.5. The molecule has 0 aliphatic heterocycles. The van der Waals surface area contributed by atoms with Crippen LogP contribution in [0.1, 0.15) is 28.8 Å². The van der Waals surface area contributed by atoms with Gasteiger partial charge in [0, 0.05) is 17.1 Å². The third kappa shape index (κ3) is 3.96. The Kier molecular flexibility index (Phi) is 5.44. The summed E-state index contributed by atoms with van der Waals surface area (Å²) in [6.45, 7) is 0. The number of aromatic nitrogens is 3. The maximum atomic E-state index is 13.1. The van der Waals surface area contributed by atoms with Crippen molar-refractivity contribution in [2.24, 2.45) is 0 Å². The Hall–Kier alpha value is -3.59. The molecular formula is C24H19ClF3N5O. The molecule has 1 amide bonds. The molecular weight excluding hydrogens is 467 g/mol. The number of carbonyl (C=O) groups is 1. The Morgan fingerprint density at radius 3 is 2.62 bits per heavy atom. The molecule has 0 bridgehead atoms. The summed E-state index contributed by atoms with van der Waals surface area (Å²) in [4.78, 5) is 21.0. The molecule has 2 aromatic carbocycles. The third-order valence-electron chi connectivity index (χ3n) is 5.93. The minimum atomic E-state index is -4.59. The molecule has 0 fully saturated rings. The Balaban J connectivity index is 1.37. The van der Waals surface area contributed by atoms with Gasteiger partial charge in [-0.25, -0.2) is 9.97 Å². The van der Waals surface area contributed by atoms with Gasteiger partial charge in [-0.1, -0.05) is 17.7 Å². The lowest BCUT2D eigenvalue weighted by Crippen LogP contribution is -2.15. The largest absolute Gasteiger partial charge is 0.417 e. The average molecular weight is 486 g/mol. The zero-order chi connectivity index (χ0) is 24.0. The van der Waals surface area contributed by atoms with Crippen LogP contribution in [0.4, 0.5) is 24.7 Å². The molecule has 10 heteroatoms. The lowest BCUT2D eigenvalue weighted by Gasteiger charge is -2.13. The predicted molar refractivity (Wildman–Crippen MR) is 124 cm³/mol. The van der Waals surface area contributed by atoms with Crippen LogP contribution in [0.2, 0.25) is 5.02 Å². The number of fused-ring (bicyclic) bond motifs is 3. The maximum Gasteiger partial charge on any atom is 0.417 e. The van der Waals surface area contributed by atoms with Crippen LogP contribution < -0.4 is 11.1 Å². The first-order valence-corrected chi connectivity index (χ1v) is 11.0. The number of nitrogens with two attached hydrogens (primary N) is 1. The van der Waals surface area contributed by atoms with Gasteiger partial charge in [-0.2, -0.15) is 13.2 Å². The van der Waals surface area contributed by atoms with Gasteiger partial charge in [0.15, 0.2) is 5.82 Å². The molecule has 0 radical (unpaired) electrons. The van der Waals surface area contributed by atoms with Crippen molar-refractivity contribution in [3.63, 3.8) is 0 Å². The second kappa shape index (κ2) is 8.32. The van der Waals surface area contributed by atoms with Gasteiger partial charge >= 0.3 is 6.18 Å². The molecule has 0 saturated heterocycles. The standard InChI is InChI=1S/C24H19ClF3N5O/c25-18-9-4-13(10-17(18)24(26,27)28)11-20(34)32-14-5-7-15(8-6-14)33-19-3-1-2-16(19)21-22(33)23(29)31-12-30-21/h4-10,12H,1-3,11H2,(H,32,34)(H2,29,30,31). The number of halogens is 4. The summed E-state index contributed by atoms with van der Waals surface area (Å²) in [6, 6.07) is 10.6. The van der Waals surface area contributed by atoms with E-state index in [4.69, 9.17) is 17.3 Å². The van der Waals surface area contributed by atoms with Crippen LogP contribution in [-0.2, 0) is 30.2 Å². The monoisotopic (exact) mass is 485 g/mol. The molecule has 0 atom stereocenters.